The molecule has 5 nitrogen and oxygen atoms in total. The molecule has 1 amide bonds. The fourth-order valence-electron chi connectivity index (χ4n) is 2.17. The first-order valence-electron chi connectivity index (χ1n) is 6.35. The molecule has 1 aliphatic rings. The van der Waals surface area contributed by atoms with Gasteiger partial charge in [0.25, 0.3) is 0 Å². The highest BCUT2D eigenvalue weighted by Crippen LogP contribution is 2.17. The minimum absolute atomic E-state index is 0.0785. The summed E-state index contributed by atoms with van der Waals surface area (Å²) < 4.78 is 5.36. The molecular formula is C14H17NO4. The Morgan fingerprint density at radius 3 is 2.68 bits per heavy atom. The molecule has 1 aliphatic heterocycles. The molecule has 0 radical (unpaired) electrons. The van der Waals surface area contributed by atoms with E-state index < -0.39 is 12.0 Å². The second kappa shape index (κ2) is 6.33. The largest absolute Gasteiger partial charge is 0.479 e. The van der Waals surface area contributed by atoms with Gasteiger partial charge in [0.2, 0.25) is 5.91 Å². The zero-order valence-corrected chi connectivity index (χ0v) is 10.5. The van der Waals surface area contributed by atoms with Crippen LogP contribution in [0.15, 0.2) is 30.3 Å². The van der Waals surface area contributed by atoms with Gasteiger partial charge in [0, 0.05) is 6.61 Å². The summed E-state index contributed by atoms with van der Waals surface area (Å²) in [7, 11) is 0. The molecule has 2 atom stereocenters. The summed E-state index contributed by atoms with van der Waals surface area (Å²) in [6, 6.07) is 7.66. The maximum atomic E-state index is 11.8. The van der Waals surface area contributed by atoms with Gasteiger partial charge in [-0.2, -0.15) is 0 Å². The first kappa shape index (κ1) is 13.5. The number of carboxylic acids is 1. The van der Waals surface area contributed by atoms with Crippen LogP contribution in [0.25, 0.3) is 0 Å². The Kier molecular flexibility index (Phi) is 4.52. The number of carbonyl (C=O) groups excluding carboxylic acids is 1. The van der Waals surface area contributed by atoms with Crippen LogP contribution < -0.4 is 5.32 Å². The maximum Gasteiger partial charge on any atom is 0.330 e. The first-order chi connectivity index (χ1) is 9.16. The molecule has 2 N–H and O–H groups in total. The number of aliphatic carboxylic acids is 1. The fraction of sp³-hybridized carbons (Fsp3) is 0.429. The van der Waals surface area contributed by atoms with Gasteiger partial charge in [-0.05, 0) is 18.4 Å². The van der Waals surface area contributed by atoms with E-state index in [0.717, 1.165) is 12.8 Å². The molecule has 19 heavy (non-hydrogen) atoms. The molecule has 0 spiro atoms. The van der Waals surface area contributed by atoms with Gasteiger partial charge in [0.15, 0.2) is 6.04 Å². The summed E-state index contributed by atoms with van der Waals surface area (Å²) in [6.07, 6.45) is 1.96. The predicted molar refractivity (Wildman–Crippen MR) is 68.6 cm³/mol. The van der Waals surface area contributed by atoms with Crippen LogP contribution in [0.4, 0.5) is 0 Å². The number of benzene rings is 1. The zero-order chi connectivity index (χ0) is 13.7. The number of ether oxygens (including phenoxy) is 1. The van der Waals surface area contributed by atoms with Crippen LogP contribution in [0.1, 0.15) is 30.9 Å². The molecule has 1 heterocycles. The van der Waals surface area contributed by atoms with Crippen LogP contribution in [0.2, 0.25) is 0 Å². The van der Waals surface area contributed by atoms with E-state index in [1.54, 1.807) is 30.3 Å². The molecule has 2 rings (SSSR count). The van der Waals surface area contributed by atoms with Crippen molar-refractivity contribution in [3.63, 3.8) is 0 Å². The van der Waals surface area contributed by atoms with Crippen molar-refractivity contribution in [2.45, 2.75) is 31.4 Å². The molecule has 0 aromatic heterocycles. The van der Waals surface area contributed by atoms with Gasteiger partial charge in [-0.3, -0.25) is 4.79 Å². The highest BCUT2D eigenvalue weighted by Gasteiger charge is 2.24. The molecule has 102 valence electrons. The maximum absolute atomic E-state index is 11.8. The monoisotopic (exact) mass is 263 g/mol. The summed E-state index contributed by atoms with van der Waals surface area (Å²) in [5.41, 5.74) is 0.565. The van der Waals surface area contributed by atoms with Gasteiger partial charge in [-0.25, -0.2) is 4.79 Å². The summed E-state index contributed by atoms with van der Waals surface area (Å²) >= 11 is 0. The lowest BCUT2D eigenvalue weighted by atomic mass is 10.1. The van der Waals surface area contributed by atoms with Crippen molar-refractivity contribution in [2.75, 3.05) is 6.61 Å². The van der Waals surface area contributed by atoms with E-state index in [0.29, 0.717) is 12.2 Å². The molecule has 1 aromatic carbocycles. The van der Waals surface area contributed by atoms with Gasteiger partial charge in [0.1, 0.15) is 0 Å². The lowest BCUT2D eigenvalue weighted by Gasteiger charge is -2.16. The third-order valence-electron chi connectivity index (χ3n) is 3.12. The van der Waals surface area contributed by atoms with Crippen molar-refractivity contribution in [3.8, 4) is 0 Å². The van der Waals surface area contributed by atoms with E-state index in [2.05, 4.69) is 5.32 Å². The SMILES string of the molecule is O=C(C[C@@H]1CCCO1)N[C@H](C(=O)O)c1ccccc1. The number of carboxylic acid groups (broad SMARTS) is 1. The van der Waals surface area contributed by atoms with Crippen molar-refractivity contribution in [3.05, 3.63) is 35.9 Å². The normalized spacial score (nSPS) is 19.9. The summed E-state index contributed by atoms with van der Waals surface area (Å²) in [6.45, 7) is 0.680. The number of rotatable bonds is 5. The van der Waals surface area contributed by atoms with Crippen molar-refractivity contribution in [1.82, 2.24) is 5.32 Å². The van der Waals surface area contributed by atoms with E-state index in [-0.39, 0.29) is 18.4 Å². The van der Waals surface area contributed by atoms with Crippen molar-refractivity contribution in [2.24, 2.45) is 0 Å². The van der Waals surface area contributed by atoms with Crippen LogP contribution in [0.5, 0.6) is 0 Å². The highest BCUT2D eigenvalue weighted by atomic mass is 16.5. The molecular weight excluding hydrogens is 246 g/mol. The summed E-state index contributed by atoms with van der Waals surface area (Å²) in [4.78, 5) is 23.1. The van der Waals surface area contributed by atoms with Crippen molar-refractivity contribution >= 4 is 11.9 Å². The molecule has 0 unspecified atom stereocenters. The van der Waals surface area contributed by atoms with E-state index in [4.69, 9.17) is 4.74 Å². The number of nitrogens with one attached hydrogen (secondary N) is 1. The smallest absolute Gasteiger partial charge is 0.330 e. The third kappa shape index (κ3) is 3.79. The second-order valence-corrected chi connectivity index (χ2v) is 4.59. The Bertz CT molecular complexity index is 440. The molecule has 5 heteroatoms. The Hall–Kier alpha value is -1.88. The molecule has 0 bridgehead atoms. The van der Waals surface area contributed by atoms with Crippen LogP contribution in [0, 0.1) is 0 Å². The zero-order valence-electron chi connectivity index (χ0n) is 10.5. The van der Waals surface area contributed by atoms with E-state index in [1.165, 1.54) is 0 Å². The number of carbonyl (C=O) groups is 2. The average Bonchev–Trinajstić information content (AvgIpc) is 2.89. The number of hydrogen-bond donors (Lipinski definition) is 2. The topological polar surface area (TPSA) is 75.6 Å². The highest BCUT2D eigenvalue weighted by molar-refractivity contribution is 5.84. The molecule has 0 saturated carbocycles. The second-order valence-electron chi connectivity index (χ2n) is 4.59. The quantitative estimate of drug-likeness (QED) is 0.844. The molecule has 1 aromatic rings. The number of hydrogen-bond acceptors (Lipinski definition) is 3. The number of amides is 1. The van der Waals surface area contributed by atoms with Crippen LogP contribution >= 0.6 is 0 Å². The molecule has 1 fully saturated rings. The molecule has 1 saturated heterocycles. The molecule has 0 aliphatic carbocycles. The van der Waals surface area contributed by atoms with Crippen LogP contribution in [-0.2, 0) is 14.3 Å². The van der Waals surface area contributed by atoms with E-state index in [9.17, 15) is 14.7 Å². The first-order valence-corrected chi connectivity index (χ1v) is 6.35. The van der Waals surface area contributed by atoms with Crippen molar-refractivity contribution in [1.29, 1.82) is 0 Å². The van der Waals surface area contributed by atoms with E-state index >= 15 is 0 Å². The Morgan fingerprint density at radius 2 is 2.11 bits per heavy atom. The van der Waals surface area contributed by atoms with Crippen LogP contribution in [-0.4, -0.2) is 29.7 Å². The van der Waals surface area contributed by atoms with E-state index in [1.807, 2.05) is 0 Å². The summed E-state index contributed by atoms with van der Waals surface area (Å²) in [5.74, 6) is -1.35. The fourth-order valence-corrected chi connectivity index (χ4v) is 2.17. The van der Waals surface area contributed by atoms with Gasteiger partial charge < -0.3 is 15.2 Å². The van der Waals surface area contributed by atoms with Gasteiger partial charge >= 0.3 is 5.97 Å². The Labute approximate surface area is 111 Å². The van der Waals surface area contributed by atoms with Crippen LogP contribution in [0.3, 0.4) is 0 Å². The van der Waals surface area contributed by atoms with Gasteiger partial charge in [-0.1, -0.05) is 30.3 Å². The lowest BCUT2D eigenvalue weighted by molar-refractivity contribution is -0.142. The van der Waals surface area contributed by atoms with Gasteiger partial charge in [-0.15, -0.1) is 0 Å². The van der Waals surface area contributed by atoms with Crippen molar-refractivity contribution < 1.29 is 19.4 Å². The Morgan fingerprint density at radius 1 is 1.37 bits per heavy atom. The predicted octanol–water partition coefficient (Wildman–Crippen LogP) is 1.50. The minimum Gasteiger partial charge on any atom is -0.479 e. The Balaban J connectivity index is 1.97. The summed E-state index contributed by atoms with van der Waals surface area (Å²) in [5, 5.41) is 11.7. The third-order valence-corrected chi connectivity index (χ3v) is 3.12. The lowest BCUT2D eigenvalue weighted by Crippen LogP contribution is -2.35. The standard InChI is InChI=1S/C14H17NO4/c16-12(9-11-7-4-8-19-11)15-13(14(17)18)10-5-2-1-3-6-10/h1-3,5-6,11,13H,4,7-9H2,(H,15,16)(H,17,18)/t11-,13-/m0/s1. The van der Waals surface area contributed by atoms with Gasteiger partial charge in [0.05, 0.1) is 12.5 Å². The average molecular weight is 263 g/mol. The minimum atomic E-state index is -1.06.